The van der Waals surface area contributed by atoms with Crippen molar-refractivity contribution in [3.05, 3.63) is 21.9 Å². The summed E-state index contributed by atoms with van der Waals surface area (Å²) in [6, 6.07) is -0.451. The highest BCUT2D eigenvalue weighted by Crippen LogP contribution is 2.27. The van der Waals surface area contributed by atoms with Gasteiger partial charge in [0.15, 0.2) is 0 Å². The zero-order valence-electron chi connectivity index (χ0n) is 7.56. The number of aliphatic hydroxyl groups excluding tert-OH is 1. The fourth-order valence-electron chi connectivity index (χ4n) is 1.46. The van der Waals surface area contributed by atoms with E-state index in [1.54, 1.807) is 17.7 Å². The Hall–Kier alpha value is -1.20. The van der Waals surface area contributed by atoms with E-state index in [-0.39, 0.29) is 18.4 Å². The van der Waals surface area contributed by atoms with Crippen molar-refractivity contribution in [1.82, 2.24) is 4.90 Å². The van der Waals surface area contributed by atoms with Gasteiger partial charge in [-0.15, -0.1) is 0 Å². The monoisotopic (exact) mass is 211 g/mol. The molecule has 2 rings (SSSR count). The first kappa shape index (κ1) is 9.36. The van der Waals surface area contributed by atoms with Gasteiger partial charge in [-0.3, -0.25) is 14.5 Å². The first-order chi connectivity index (χ1) is 6.66. The van der Waals surface area contributed by atoms with Gasteiger partial charge in [-0.2, -0.15) is 11.3 Å². The van der Waals surface area contributed by atoms with E-state index >= 15 is 0 Å². The van der Waals surface area contributed by atoms with E-state index in [0.29, 0.717) is 11.1 Å². The van der Waals surface area contributed by atoms with Crippen molar-refractivity contribution in [1.29, 1.82) is 0 Å². The molecule has 1 aliphatic heterocycles. The number of carbonyl (C=O) groups is 2. The molecule has 0 fully saturated rings. The summed E-state index contributed by atoms with van der Waals surface area (Å²) in [4.78, 5) is 24.4. The third kappa shape index (κ3) is 1.09. The van der Waals surface area contributed by atoms with Crippen LogP contribution in [0.25, 0.3) is 0 Å². The van der Waals surface area contributed by atoms with E-state index in [9.17, 15) is 9.59 Å². The Kier molecular flexibility index (Phi) is 2.13. The minimum atomic E-state index is -0.451. The molecule has 0 spiro atoms. The van der Waals surface area contributed by atoms with Crippen LogP contribution in [0.15, 0.2) is 10.8 Å². The highest BCUT2D eigenvalue weighted by atomic mass is 32.1. The summed E-state index contributed by atoms with van der Waals surface area (Å²) in [5, 5.41) is 12.2. The third-order valence-corrected chi connectivity index (χ3v) is 3.01. The lowest BCUT2D eigenvalue weighted by Crippen LogP contribution is -2.40. The van der Waals surface area contributed by atoms with Gasteiger partial charge in [-0.1, -0.05) is 0 Å². The number of thiophene rings is 1. The summed E-state index contributed by atoms with van der Waals surface area (Å²) >= 11 is 1.34. The van der Waals surface area contributed by atoms with Crippen LogP contribution in [-0.2, 0) is 0 Å². The summed E-state index contributed by atoms with van der Waals surface area (Å²) in [5.41, 5.74) is 0.917. The molecule has 14 heavy (non-hydrogen) atoms. The molecule has 0 aliphatic carbocycles. The number of nitrogens with zero attached hydrogens (tertiary/aromatic N) is 1. The zero-order chi connectivity index (χ0) is 10.3. The van der Waals surface area contributed by atoms with Gasteiger partial charge in [-0.05, 0) is 6.92 Å². The van der Waals surface area contributed by atoms with E-state index in [1.807, 2.05) is 0 Å². The van der Waals surface area contributed by atoms with Crippen LogP contribution in [0.5, 0.6) is 0 Å². The second kappa shape index (κ2) is 3.18. The first-order valence-electron chi connectivity index (χ1n) is 4.21. The molecule has 0 radical (unpaired) electrons. The Balaban J connectivity index is 2.40. The fourth-order valence-corrected chi connectivity index (χ4v) is 2.26. The molecule has 74 valence electrons. The summed E-state index contributed by atoms with van der Waals surface area (Å²) in [6.45, 7) is 1.44. The van der Waals surface area contributed by atoms with Crippen molar-refractivity contribution in [3.63, 3.8) is 0 Å². The summed E-state index contributed by atoms with van der Waals surface area (Å²) < 4.78 is 0. The molecule has 0 saturated heterocycles. The predicted molar refractivity (Wildman–Crippen MR) is 51.4 cm³/mol. The van der Waals surface area contributed by atoms with Gasteiger partial charge in [0.1, 0.15) is 0 Å². The molecule has 2 amide bonds. The van der Waals surface area contributed by atoms with Crippen molar-refractivity contribution < 1.29 is 14.7 Å². The largest absolute Gasteiger partial charge is 0.394 e. The van der Waals surface area contributed by atoms with Crippen LogP contribution < -0.4 is 0 Å². The molecular formula is C9H9NO3S. The molecule has 0 saturated carbocycles. The van der Waals surface area contributed by atoms with Crippen molar-refractivity contribution in [2.24, 2.45) is 0 Å². The predicted octanol–water partition coefficient (Wildman–Crippen LogP) is 0.725. The number of hydrogen-bond donors (Lipinski definition) is 1. The molecule has 5 heteroatoms. The number of imide groups is 1. The highest BCUT2D eigenvalue weighted by molar-refractivity contribution is 7.08. The Morgan fingerprint density at radius 1 is 1.36 bits per heavy atom. The van der Waals surface area contributed by atoms with Crippen molar-refractivity contribution in [2.45, 2.75) is 13.0 Å². The quantitative estimate of drug-likeness (QED) is 0.733. The Morgan fingerprint density at radius 3 is 2.29 bits per heavy atom. The van der Waals surface area contributed by atoms with E-state index in [1.165, 1.54) is 11.3 Å². The van der Waals surface area contributed by atoms with Gasteiger partial charge in [-0.25, -0.2) is 0 Å². The lowest BCUT2D eigenvalue weighted by molar-refractivity contribution is 0.0537. The lowest BCUT2D eigenvalue weighted by atomic mass is 10.2. The second-order valence-electron chi connectivity index (χ2n) is 3.21. The molecule has 0 bridgehead atoms. The van der Waals surface area contributed by atoms with Crippen LogP contribution >= 0.6 is 11.3 Å². The molecule has 1 aromatic rings. The van der Waals surface area contributed by atoms with E-state index < -0.39 is 6.04 Å². The zero-order valence-corrected chi connectivity index (χ0v) is 8.37. The number of carbonyl (C=O) groups excluding carboxylic acids is 2. The van der Waals surface area contributed by atoms with Gasteiger partial charge < -0.3 is 5.11 Å². The van der Waals surface area contributed by atoms with Crippen molar-refractivity contribution >= 4 is 23.2 Å². The number of fused-ring (bicyclic) bond motifs is 1. The SMILES string of the molecule is C[C@H](CO)N1C(=O)c2cscc2C1=O. The second-order valence-corrected chi connectivity index (χ2v) is 3.95. The summed E-state index contributed by atoms with van der Waals surface area (Å²) in [7, 11) is 0. The molecule has 0 unspecified atom stereocenters. The summed E-state index contributed by atoms with van der Waals surface area (Å²) in [6.07, 6.45) is 0. The van der Waals surface area contributed by atoms with Crippen molar-refractivity contribution in [2.75, 3.05) is 6.61 Å². The molecule has 1 atom stereocenters. The highest BCUT2D eigenvalue weighted by Gasteiger charge is 2.38. The maximum atomic E-state index is 11.7. The minimum Gasteiger partial charge on any atom is -0.394 e. The number of hydrogen-bond acceptors (Lipinski definition) is 4. The van der Waals surface area contributed by atoms with Crippen molar-refractivity contribution in [3.8, 4) is 0 Å². The molecule has 0 aromatic carbocycles. The summed E-state index contributed by atoms with van der Waals surface area (Å²) in [5.74, 6) is -0.597. The van der Waals surface area contributed by atoms with Gasteiger partial charge >= 0.3 is 0 Å². The van der Waals surface area contributed by atoms with Crippen LogP contribution in [0.2, 0.25) is 0 Å². The standard InChI is InChI=1S/C9H9NO3S/c1-5(2-11)10-8(12)6-3-14-4-7(6)9(10)13/h3-5,11H,2H2,1H3/t5-/m1/s1. The molecule has 1 aliphatic rings. The number of amides is 2. The Labute approximate surface area is 84.8 Å². The minimum absolute atomic E-state index is 0.203. The molecular weight excluding hydrogens is 202 g/mol. The van der Waals surface area contributed by atoms with Gasteiger partial charge in [0.25, 0.3) is 11.8 Å². The number of rotatable bonds is 2. The van der Waals surface area contributed by atoms with Gasteiger partial charge in [0.05, 0.1) is 23.8 Å². The van der Waals surface area contributed by atoms with Crippen LogP contribution in [0, 0.1) is 0 Å². The first-order valence-corrected chi connectivity index (χ1v) is 5.16. The van der Waals surface area contributed by atoms with Crippen LogP contribution in [0.1, 0.15) is 27.6 Å². The lowest BCUT2D eigenvalue weighted by Gasteiger charge is -2.20. The maximum absolute atomic E-state index is 11.7. The molecule has 2 heterocycles. The smallest absolute Gasteiger partial charge is 0.262 e. The van der Waals surface area contributed by atoms with Gasteiger partial charge in [0, 0.05) is 10.8 Å². The number of aliphatic hydroxyl groups is 1. The fraction of sp³-hybridized carbons (Fsp3) is 0.333. The molecule has 1 N–H and O–H groups in total. The van der Waals surface area contributed by atoms with E-state index in [2.05, 4.69) is 0 Å². The van der Waals surface area contributed by atoms with Crippen LogP contribution in [-0.4, -0.2) is 34.5 Å². The third-order valence-electron chi connectivity index (χ3n) is 2.27. The average Bonchev–Trinajstić information content (AvgIpc) is 2.72. The van der Waals surface area contributed by atoms with Gasteiger partial charge in [0.2, 0.25) is 0 Å². The normalized spacial score (nSPS) is 17.4. The average molecular weight is 211 g/mol. The topological polar surface area (TPSA) is 57.6 Å². The Bertz CT molecular complexity index is 368. The molecule has 1 aromatic heterocycles. The maximum Gasteiger partial charge on any atom is 0.262 e. The van der Waals surface area contributed by atoms with Crippen LogP contribution in [0.3, 0.4) is 0 Å². The molecule has 4 nitrogen and oxygen atoms in total. The van der Waals surface area contributed by atoms with Crippen LogP contribution in [0.4, 0.5) is 0 Å². The Morgan fingerprint density at radius 2 is 1.86 bits per heavy atom. The van der Waals surface area contributed by atoms with E-state index in [4.69, 9.17) is 5.11 Å². The van der Waals surface area contributed by atoms with E-state index in [0.717, 1.165) is 4.90 Å².